The van der Waals surface area contributed by atoms with Gasteiger partial charge in [-0.25, -0.2) is 4.68 Å². The predicted molar refractivity (Wildman–Crippen MR) is 119 cm³/mol. The van der Waals surface area contributed by atoms with Crippen LogP contribution in [-0.2, 0) is 4.79 Å². The molecule has 2 N–H and O–H groups in total. The summed E-state index contributed by atoms with van der Waals surface area (Å²) < 4.78 is 7.06. The molecule has 0 unspecified atom stereocenters. The molecular weight excluding hydrogens is 422 g/mol. The molecule has 0 spiro atoms. The highest BCUT2D eigenvalue weighted by molar-refractivity contribution is 8.00. The van der Waals surface area contributed by atoms with Crippen molar-refractivity contribution in [2.24, 2.45) is 0 Å². The van der Waals surface area contributed by atoms with E-state index in [0.717, 1.165) is 28.2 Å². The van der Waals surface area contributed by atoms with Crippen LogP contribution in [-0.4, -0.2) is 33.1 Å². The minimum absolute atomic E-state index is 0.122. The molecule has 3 aromatic rings. The lowest BCUT2D eigenvalue weighted by molar-refractivity contribution is -0.116. The SMILES string of the molecule is COc1ccc([C@@H]2Nn3c(C)nnc3S[C@@H]2C(=O)Nc2ccc(C)cc2C)cc1Cl. The van der Waals surface area contributed by atoms with E-state index in [2.05, 4.69) is 20.9 Å². The van der Waals surface area contributed by atoms with Crippen molar-refractivity contribution in [3.63, 3.8) is 0 Å². The van der Waals surface area contributed by atoms with Crippen LogP contribution in [0.15, 0.2) is 41.6 Å². The second-order valence-electron chi connectivity index (χ2n) is 7.21. The lowest BCUT2D eigenvalue weighted by Gasteiger charge is -2.33. The normalized spacial score (nSPS) is 17.8. The average molecular weight is 444 g/mol. The maximum Gasteiger partial charge on any atom is 0.240 e. The number of rotatable bonds is 4. The molecule has 0 aliphatic carbocycles. The molecule has 4 rings (SSSR count). The van der Waals surface area contributed by atoms with E-state index in [-0.39, 0.29) is 11.9 Å². The van der Waals surface area contributed by atoms with Gasteiger partial charge in [-0.15, -0.1) is 10.2 Å². The third-order valence-corrected chi connectivity index (χ3v) is 6.54. The Labute approximate surface area is 184 Å². The number of fused-ring (bicyclic) bond motifs is 1. The Bertz CT molecular complexity index is 1120. The highest BCUT2D eigenvalue weighted by atomic mass is 35.5. The molecule has 9 heteroatoms. The van der Waals surface area contributed by atoms with Crippen LogP contribution in [0.1, 0.15) is 28.6 Å². The number of ether oxygens (including phenoxy) is 1. The number of thioether (sulfide) groups is 1. The number of nitrogens with one attached hydrogen (secondary N) is 2. The molecular formula is C21H22ClN5O2S. The second-order valence-corrected chi connectivity index (χ2v) is 8.73. The summed E-state index contributed by atoms with van der Waals surface area (Å²) in [5.74, 6) is 1.18. The molecule has 156 valence electrons. The predicted octanol–water partition coefficient (Wildman–Crippen LogP) is 4.26. The van der Waals surface area contributed by atoms with E-state index in [1.54, 1.807) is 17.9 Å². The van der Waals surface area contributed by atoms with Gasteiger partial charge in [0.1, 0.15) is 16.8 Å². The number of hydrogen-bond donors (Lipinski definition) is 2. The first-order valence-electron chi connectivity index (χ1n) is 9.44. The standard InChI is InChI=1S/C21H22ClN5O2S/c1-11-5-7-16(12(2)9-11)23-20(28)19-18(14-6-8-17(29-4)15(22)10-14)26-27-13(3)24-25-21(27)30-19/h5-10,18-19,26H,1-4H3,(H,23,28)/t18-,19-/m0/s1. The van der Waals surface area contributed by atoms with Crippen molar-refractivity contribution < 1.29 is 9.53 Å². The summed E-state index contributed by atoms with van der Waals surface area (Å²) in [6, 6.07) is 11.1. The molecule has 2 atom stereocenters. The van der Waals surface area contributed by atoms with Gasteiger partial charge in [0.2, 0.25) is 11.1 Å². The topological polar surface area (TPSA) is 81.1 Å². The molecule has 7 nitrogen and oxygen atoms in total. The Hall–Kier alpha value is -2.71. The zero-order valence-electron chi connectivity index (χ0n) is 17.1. The number of halogens is 1. The fraction of sp³-hybridized carbons (Fsp3) is 0.286. The number of aromatic nitrogens is 3. The van der Waals surface area contributed by atoms with Crippen LogP contribution in [0.2, 0.25) is 5.02 Å². The van der Waals surface area contributed by atoms with Crippen LogP contribution >= 0.6 is 23.4 Å². The summed E-state index contributed by atoms with van der Waals surface area (Å²) in [4.78, 5) is 13.3. The van der Waals surface area contributed by atoms with Gasteiger partial charge in [-0.1, -0.05) is 47.1 Å². The van der Waals surface area contributed by atoms with Crippen molar-refractivity contribution in [1.82, 2.24) is 14.9 Å². The van der Waals surface area contributed by atoms with Crippen molar-refractivity contribution in [2.45, 2.75) is 37.2 Å². The third kappa shape index (κ3) is 3.85. The molecule has 2 aromatic carbocycles. The van der Waals surface area contributed by atoms with E-state index in [0.29, 0.717) is 15.9 Å². The molecule has 1 amide bonds. The summed E-state index contributed by atoms with van der Waals surface area (Å²) in [5, 5.41) is 12.0. The van der Waals surface area contributed by atoms with Gasteiger partial charge in [0.25, 0.3) is 0 Å². The second kappa shape index (κ2) is 8.20. The van der Waals surface area contributed by atoms with Gasteiger partial charge in [0.15, 0.2) is 0 Å². The monoisotopic (exact) mass is 443 g/mol. The maximum absolute atomic E-state index is 13.3. The van der Waals surface area contributed by atoms with Crippen molar-refractivity contribution in [3.05, 3.63) is 63.9 Å². The minimum atomic E-state index is -0.480. The van der Waals surface area contributed by atoms with Crippen molar-refractivity contribution in [3.8, 4) is 5.75 Å². The summed E-state index contributed by atoms with van der Waals surface area (Å²) in [5.41, 5.74) is 7.20. The first-order chi connectivity index (χ1) is 14.4. The number of carbonyl (C=O) groups excluding carboxylic acids is 1. The summed E-state index contributed by atoms with van der Waals surface area (Å²) in [6.07, 6.45) is 0. The Morgan fingerprint density at radius 2 is 2.00 bits per heavy atom. The van der Waals surface area contributed by atoms with Crippen LogP contribution in [0.5, 0.6) is 5.75 Å². The molecule has 1 aromatic heterocycles. The number of benzene rings is 2. The van der Waals surface area contributed by atoms with E-state index in [1.807, 2.05) is 51.1 Å². The van der Waals surface area contributed by atoms with E-state index in [1.165, 1.54) is 11.8 Å². The molecule has 0 radical (unpaired) electrons. The van der Waals surface area contributed by atoms with E-state index in [4.69, 9.17) is 16.3 Å². The van der Waals surface area contributed by atoms with Gasteiger partial charge >= 0.3 is 0 Å². The molecule has 30 heavy (non-hydrogen) atoms. The van der Waals surface area contributed by atoms with Crippen molar-refractivity contribution in [1.29, 1.82) is 0 Å². The number of hydrogen-bond acceptors (Lipinski definition) is 6. The number of aryl methyl sites for hydroxylation is 3. The zero-order valence-corrected chi connectivity index (χ0v) is 18.6. The van der Waals surface area contributed by atoms with Crippen LogP contribution < -0.4 is 15.5 Å². The first kappa shape index (κ1) is 20.6. The van der Waals surface area contributed by atoms with E-state index >= 15 is 0 Å². The Morgan fingerprint density at radius 3 is 2.70 bits per heavy atom. The van der Waals surface area contributed by atoms with Crippen molar-refractivity contribution in [2.75, 3.05) is 17.9 Å². The molecule has 0 fully saturated rings. The van der Waals surface area contributed by atoms with Crippen LogP contribution in [0.3, 0.4) is 0 Å². The van der Waals surface area contributed by atoms with Crippen molar-refractivity contribution >= 4 is 35.0 Å². The van der Waals surface area contributed by atoms with E-state index < -0.39 is 5.25 Å². The number of nitrogens with zero attached hydrogens (tertiary/aromatic N) is 3. The number of anilines is 1. The fourth-order valence-corrected chi connectivity index (χ4v) is 4.84. The number of methoxy groups -OCH3 is 1. The largest absolute Gasteiger partial charge is 0.495 e. The summed E-state index contributed by atoms with van der Waals surface area (Å²) in [7, 11) is 1.57. The Morgan fingerprint density at radius 1 is 1.20 bits per heavy atom. The maximum atomic E-state index is 13.3. The molecule has 2 heterocycles. The van der Waals surface area contributed by atoms with Gasteiger partial charge in [0, 0.05) is 5.69 Å². The fourth-order valence-electron chi connectivity index (χ4n) is 3.44. The minimum Gasteiger partial charge on any atom is -0.495 e. The Kier molecular flexibility index (Phi) is 5.62. The van der Waals surface area contributed by atoms with Gasteiger partial charge < -0.3 is 15.5 Å². The van der Waals surface area contributed by atoms with Crippen LogP contribution in [0, 0.1) is 20.8 Å². The molecule has 0 saturated heterocycles. The molecule has 0 saturated carbocycles. The molecule has 1 aliphatic rings. The van der Waals surface area contributed by atoms with Crippen LogP contribution in [0.4, 0.5) is 5.69 Å². The average Bonchev–Trinajstić information content (AvgIpc) is 3.09. The quantitative estimate of drug-likeness (QED) is 0.627. The third-order valence-electron chi connectivity index (χ3n) is 5.03. The summed E-state index contributed by atoms with van der Waals surface area (Å²) in [6.45, 7) is 5.87. The number of amides is 1. The Balaban J connectivity index is 1.69. The zero-order chi connectivity index (χ0) is 21.4. The van der Waals surface area contributed by atoms with E-state index in [9.17, 15) is 4.79 Å². The van der Waals surface area contributed by atoms with Gasteiger partial charge in [-0.2, -0.15) is 0 Å². The highest BCUT2D eigenvalue weighted by Crippen LogP contribution is 2.39. The van der Waals surface area contributed by atoms with Gasteiger partial charge in [0.05, 0.1) is 18.2 Å². The molecule has 1 aliphatic heterocycles. The lowest BCUT2D eigenvalue weighted by Crippen LogP contribution is -2.41. The summed E-state index contributed by atoms with van der Waals surface area (Å²) >= 11 is 7.73. The smallest absolute Gasteiger partial charge is 0.240 e. The number of carbonyl (C=O) groups is 1. The van der Waals surface area contributed by atoms with Gasteiger partial charge in [-0.3, -0.25) is 4.79 Å². The lowest BCUT2D eigenvalue weighted by atomic mass is 10.0. The highest BCUT2D eigenvalue weighted by Gasteiger charge is 2.37. The molecule has 0 bridgehead atoms. The van der Waals surface area contributed by atoms with Gasteiger partial charge in [-0.05, 0) is 50.1 Å². The first-order valence-corrected chi connectivity index (χ1v) is 10.7. The van der Waals surface area contributed by atoms with Crippen LogP contribution in [0.25, 0.3) is 0 Å².